The van der Waals surface area contributed by atoms with E-state index in [-0.39, 0.29) is 11.9 Å². The van der Waals surface area contributed by atoms with Gasteiger partial charge in [-0.15, -0.1) is 11.3 Å². The molecule has 0 bridgehead atoms. The summed E-state index contributed by atoms with van der Waals surface area (Å²) in [6.07, 6.45) is 4.95. The predicted molar refractivity (Wildman–Crippen MR) is 87.1 cm³/mol. The molecular formula is C15H19ClN4OS. The summed E-state index contributed by atoms with van der Waals surface area (Å²) in [6, 6.07) is 0.0602. The monoisotopic (exact) mass is 338 g/mol. The molecule has 1 fully saturated rings. The number of carbonyl (C=O) groups excluding carboxylic acids is 1. The van der Waals surface area contributed by atoms with E-state index < -0.39 is 0 Å². The van der Waals surface area contributed by atoms with Crippen LogP contribution >= 0.6 is 22.9 Å². The Morgan fingerprint density at radius 1 is 1.55 bits per heavy atom. The van der Waals surface area contributed by atoms with Gasteiger partial charge in [-0.25, -0.2) is 4.98 Å². The summed E-state index contributed by atoms with van der Waals surface area (Å²) in [5.74, 6) is 0.178. The van der Waals surface area contributed by atoms with Gasteiger partial charge in [0.15, 0.2) is 0 Å². The van der Waals surface area contributed by atoms with Crippen molar-refractivity contribution in [3.8, 4) is 0 Å². The van der Waals surface area contributed by atoms with Crippen molar-refractivity contribution in [2.24, 2.45) is 7.05 Å². The number of hydrogen-bond acceptors (Lipinski definition) is 4. The molecule has 1 atom stereocenters. The van der Waals surface area contributed by atoms with Gasteiger partial charge in [0.25, 0.3) is 0 Å². The maximum atomic E-state index is 12.6. The molecule has 7 heteroatoms. The van der Waals surface area contributed by atoms with E-state index in [4.69, 9.17) is 11.6 Å². The first-order valence-corrected chi connectivity index (χ1v) is 8.70. The molecule has 1 aliphatic heterocycles. The third-order valence-electron chi connectivity index (χ3n) is 4.14. The number of nitrogens with zero attached hydrogens (tertiary/aromatic N) is 4. The SMILES string of the molecule is Cc1nn(C)c(Cl)c1C1CCCN1C(=O)CCc1nccs1. The fraction of sp³-hybridized carbons (Fsp3) is 0.533. The van der Waals surface area contributed by atoms with Gasteiger partial charge in [0.2, 0.25) is 5.91 Å². The molecule has 0 radical (unpaired) electrons. The molecule has 0 aromatic carbocycles. The maximum Gasteiger partial charge on any atom is 0.223 e. The zero-order valence-electron chi connectivity index (χ0n) is 12.8. The normalized spacial score (nSPS) is 18.1. The molecule has 2 aromatic heterocycles. The highest BCUT2D eigenvalue weighted by Crippen LogP contribution is 2.37. The van der Waals surface area contributed by atoms with Crippen molar-refractivity contribution in [1.82, 2.24) is 19.7 Å². The Labute approximate surface area is 138 Å². The van der Waals surface area contributed by atoms with Gasteiger partial charge in [0.1, 0.15) is 5.15 Å². The Balaban J connectivity index is 1.73. The highest BCUT2D eigenvalue weighted by molar-refractivity contribution is 7.09. The molecule has 5 nitrogen and oxygen atoms in total. The lowest BCUT2D eigenvalue weighted by Gasteiger charge is -2.25. The van der Waals surface area contributed by atoms with E-state index in [1.165, 1.54) is 0 Å². The molecule has 3 heterocycles. The third kappa shape index (κ3) is 2.90. The number of amides is 1. The van der Waals surface area contributed by atoms with E-state index in [0.29, 0.717) is 18.0 Å². The molecule has 0 N–H and O–H groups in total. The predicted octanol–water partition coefficient (Wildman–Crippen LogP) is 3.13. The number of rotatable bonds is 4. The van der Waals surface area contributed by atoms with Crippen molar-refractivity contribution >= 4 is 28.8 Å². The molecule has 3 rings (SSSR count). The van der Waals surface area contributed by atoms with E-state index >= 15 is 0 Å². The smallest absolute Gasteiger partial charge is 0.223 e. The van der Waals surface area contributed by atoms with Crippen LogP contribution in [-0.4, -0.2) is 32.1 Å². The number of halogens is 1. The number of likely N-dealkylation sites (tertiary alicyclic amines) is 1. The van der Waals surface area contributed by atoms with Crippen molar-refractivity contribution in [2.75, 3.05) is 6.54 Å². The molecular weight excluding hydrogens is 320 g/mol. The number of carbonyl (C=O) groups is 1. The second-order valence-electron chi connectivity index (χ2n) is 5.58. The summed E-state index contributed by atoms with van der Waals surface area (Å²) in [5, 5.41) is 7.97. The summed E-state index contributed by atoms with van der Waals surface area (Å²) in [7, 11) is 1.84. The fourth-order valence-electron chi connectivity index (χ4n) is 3.12. The van der Waals surface area contributed by atoms with Gasteiger partial charge in [-0.3, -0.25) is 9.48 Å². The Morgan fingerprint density at radius 3 is 3.00 bits per heavy atom. The van der Waals surface area contributed by atoms with Gasteiger partial charge >= 0.3 is 0 Å². The zero-order valence-corrected chi connectivity index (χ0v) is 14.3. The molecule has 0 spiro atoms. The van der Waals surface area contributed by atoms with Crippen LogP contribution in [0.1, 0.15) is 41.6 Å². The van der Waals surface area contributed by atoms with Crippen LogP contribution in [-0.2, 0) is 18.3 Å². The van der Waals surface area contributed by atoms with Crippen LogP contribution in [0.2, 0.25) is 5.15 Å². The average molecular weight is 339 g/mol. The van der Waals surface area contributed by atoms with E-state index in [0.717, 1.165) is 35.7 Å². The maximum absolute atomic E-state index is 12.6. The molecule has 1 amide bonds. The summed E-state index contributed by atoms with van der Waals surface area (Å²) >= 11 is 7.97. The van der Waals surface area contributed by atoms with Crippen LogP contribution in [0, 0.1) is 6.92 Å². The van der Waals surface area contributed by atoms with Crippen molar-refractivity contribution in [3.63, 3.8) is 0 Å². The summed E-state index contributed by atoms with van der Waals surface area (Å²) in [6.45, 7) is 2.75. The lowest BCUT2D eigenvalue weighted by Crippen LogP contribution is -2.31. The first-order valence-electron chi connectivity index (χ1n) is 7.44. The Bertz CT molecular complexity index is 667. The summed E-state index contributed by atoms with van der Waals surface area (Å²) < 4.78 is 1.68. The van der Waals surface area contributed by atoms with Crippen LogP contribution in [0.3, 0.4) is 0 Å². The minimum atomic E-state index is 0.0602. The largest absolute Gasteiger partial charge is 0.335 e. The van der Waals surface area contributed by atoms with Crippen molar-refractivity contribution in [1.29, 1.82) is 0 Å². The topological polar surface area (TPSA) is 51.0 Å². The highest BCUT2D eigenvalue weighted by atomic mass is 35.5. The van der Waals surface area contributed by atoms with E-state index in [1.54, 1.807) is 22.2 Å². The molecule has 0 aliphatic carbocycles. The Hall–Kier alpha value is -1.40. The lowest BCUT2D eigenvalue weighted by atomic mass is 10.1. The number of aryl methyl sites for hydroxylation is 3. The van der Waals surface area contributed by atoms with Gasteiger partial charge in [0, 0.05) is 43.6 Å². The summed E-state index contributed by atoms with van der Waals surface area (Å²) in [4.78, 5) is 18.8. The first-order chi connectivity index (χ1) is 10.6. The quantitative estimate of drug-likeness (QED) is 0.860. The molecule has 0 saturated carbocycles. The minimum Gasteiger partial charge on any atom is -0.335 e. The van der Waals surface area contributed by atoms with E-state index in [2.05, 4.69) is 10.1 Å². The molecule has 1 aliphatic rings. The molecule has 22 heavy (non-hydrogen) atoms. The second-order valence-corrected chi connectivity index (χ2v) is 6.92. The van der Waals surface area contributed by atoms with Gasteiger partial charge < -0.3 is 4.90 Å². The average Bonchev–Trinajstić information content (AvgIpc) is 3.19. The molecule has 1 unspecified atom stereocenters. The van der Waals surface area contributed by atoms with Crippen LogP contribution < -0.4 is 0 Å². The van der Waals surface area contributed by atoms with Gasteiger partial charge in [-0.1, -0.05) is 11.6 Å². The number of hydrogen-bond donors (Lipinski definition) is 0. The van der Waals surface area contributed by atoms with Crippen molar-refractivity contribution in [3.05, 3.63) is 33.0 Å². The molecule has 118 valence electrons. The lowest BCUT2D eigenvalue weighted by molar-refractivity contribution is -0.132. The first kappa shape index (κ1) is 15.5. The van der Waals surface area contributed by atoms with Crippen LogP contribution in [0.15, 0.2) is 11.6 Å². The summed E-state index contributed by atoms with van der Waals surface area (Å²) in [5.41, 5.74) is 1.92. The molecule has 2 aromatic rings. The van der Waals surface area contributed by atoms with Crippen molar-refractivity contribution in [2.45, 2.75) is 38.6 Å². The van der Waals surface area contributed by atoms with Crippen LogP contribution in [0.4, 0.5) is 0 Å². The van der Waals surface area contributed by atoms with Crippen LogP contribution in [0.5, 0.6) is 0 Å². The molecule has 1 saturated heterocycles. The van der Waals surface area contributed by atoms with Crippen LogP contribution in [0.25, 0.3) is 0 Å². The number of thiazole rings is 1. The van der Waals surface area contributed by atoms with E-state index in [1.807, 2.05) is 24.3 Å². The van der Waals surface area contributed by atoms with E-state index in [9.17, 15) is 4.79 Å². The highest BCUT2D eigenvalue weighted by Gasteiger charge is 2.33. The van der Waals surface area contributed by atoms with Gasteiger partial charge in [0.05, 0.1) is 16.7 Å². The number of aromatic nitrogens is 3. The zero-order chi connectivity index (χ0) is 15.7. The van der Waals surface area contributed by atoms with Gasteiger partial charge in [-0.2, -0.15) is 5.10 Å². The third-order valence-corrected chi connectivity index (χ3v) is 5.43. The minimum absolute atomic E-state index is 0.0602. The Kier molecular flexibility index (Phi) is 4.49. The Morgan fingerprint density at radius 2 is 2.36 bits per heavy atom. The van der Waals surface area contributed by atoms with Gasteiger partial charge in [-0.05, 0) is 19.8 Å². The second kappa shape index (κ2) is 6.38. The van der Waals surface area contributed by atoms with Crippen molar-refractivity contribution < 1.29 is 4.79 Å². The standard InChI is InChI=1S/C15H19ClN4OS/c1-10-14(15(16)19(2)18-10)11-4-3-8-20(11)13(21)6-5-12-17-7-9-22-12/h7,9,11H,3-6,8H2,1-2H3. The fourth-order valence-corrected chi connectivity index (χ4v) is 4.05.